The smallest absolute Gasteiger partial charge is 0.352 e. The lowest BCUT2D eigenvalue weighted by Gasteiger charge is -2.37. The molecule has 0 N–H and O–H groups in total. The molecule has 2 aliphatic heterocycles. The standard InChI is InChI=1S/C19H17NO3/c1-12(21)6-7-14-11-15-10-13-4-2-8-20-9-3-5-16(17(13)20)18(15)23-19(14)22/h10-11H,2-5,8-9H2,1H3. The van der Waals surface area contributed by atoms with E-state index < -0.39 is 5.63 Å². The van der Waals surface area contributed by atoms with Crippen molar-refractivity contribution in [3.8, 4) is 11.8 Å². The van der Waals surface area contributed by atoms with Gasteiger partial charge in [-0.2, -0.15) is 0 Å². The second kappa shape index (κ2) is 5.27. The van der Waals surface area contributed by atoms with E-state index in [9.17, 15) is 9.59 Å². The van der Waals surface area contributed by atoms with Crippen LogP contribution in [0.3, 0.4) is 0 Å². The Hall–Kier alpha value is -2.54. The van der Waals surface area contributed by atoms with Gasteiger partial charge in [0.05, 0.1) is 0 Å². The van der Waals surface area contributed by atoms with Crippen molar-refractivity contribution >= 4 is 22.4 Å². The van der Waals surface area contributed by atoms with E-state index in [-0.39, 0.29) is 11.3 Å². The Bertz CT molecular complexity index is 941. The molecular formula is C19H17NO3. The van der Waals surface area contributed by atoms with Crippen LogP contribution in [0.5, 0.6) is 0 Å². The first-order chi connectivity index (χ1) is 11.1. The second-order valence-electron chi connectivity index (χ2n) is 6.23. The molecule has 0 saturated carbocycles. The fraction of sp³-hybridized carbons (Fsp3) is 0.368. The van der Waals surface area contributed by atoms with Crippen LogP contribution in [-0.4, -0.2) is 18.9 Å². The number of anilines is 1. The first kappa shape index (κ1) is 14.1. The highest BCUT2D eigenvalue weighted by Gasteiger charge is 2.26. The van der Waals surface area contributed by atoms with E-state index in [1.807, 2.05) is 0 Å². The largest absolute Gasteiger partial charge is 0.421 e. The van der Waals surface area contributed by atoms with Crippen LogP contribution in [0.2, 0.25) is 0 Å². The highest BCUT2D eigenvalue weighted by Crippen LogP contribution is 2.39. The Labute approximate surface area is 134 Å². The average Bonchev–Trinajstić information content (AvgIpc) is 2.54. The Morgan fingerprint density at radius 3 is 2.78 bits per heavy atom. The van der Waals surface area contributed by atoms with Gasteiger partial charge in [0.15, 0.2) is 0 Å². The van der Waals surface area contributed by atoms with Crippen LogP contribution in [0.4, 0.5) is 5.69 Å². The lowest BCUT2D eigenvalue weighted by molar-refractivity contribution is -0.111. The molecule has 0 unspecified atom stereocenters. The number of fused-ring (bicyclic) bond motifs is 2. The fourth-order valence-electron chi connectivity index (χ4n) is 3.69. The third-order valence-corrected chi connectivity index (χ3v) is 4.59. The zero-order chi connectivity index (χ0) is 16.0. The summed E-state index contributed by atoms with van der Waals surface area (Å²) in [5.74, 6) is 4.78. The Morgan fingerprint density at radius 2 is 2.00 bits per heavy atom. The molecule has 0 saturated heterocycles. The molecule has 0 atom stereocenters. The number of benzene rings is 1. The molecule has 0 radical (unpaired) electrons. The molecule has 4 heteroatoms. The lowest BCUT2D eigenvalue weighted by Crippen LogP contribution is -2.34. The van der Waals surface area contributed by atoms with Crippen molar-refractivity contribution in [2.75, 3.05) is 18.0 Å². The Balaban J connectivity index is 1.98. The zero-order valence-corrected chi connectivity index (χ0v) is 13.1. The molecule has 2 aromatic rings. The zero-order valence-electron chi connectivity index (χ0n) is 13.1. The molecule has 1 aromatic heterocycles. The van der Waals surface area contributed by atoms with Crippen molar-refractivity contribution in [2.24, 2.45) is 0 Å². The molecule has 0 spiro atoms. The normalized spacial score (nSPS) is 15.8. The number of hydrogen-bond donors (Lipinski definition) is 0. The van der Waals surface area contributed by atoms with Crippen molar-refractivity contribution in [1.82, 2.24) is 0 Å². The molecular weight excluding hydrogens is 290 g/mol. The van der Waals surface area contributed by atoms with Gasteiger partial charge in [0.25, 0.3) is 0 Å². The second-order valence-corrected chi connectivity index (χ2v) is 6.23. The van der Waals surface area contributed by atoms with Crippen LogP contribution in [0, 0.1) is 11.8 Å². The van der Waals surface area contributed by atoms with Gasteiger partial charge in [-0.3, -0.25) is 4.79 Å². The maximum Gasteiger partial charge on any atom is 0.352 e. The maximum absolute atomic E-state index is 12.2. The number of Topliss-reactive ketones (excluding diaryl/α,β-unsaturated/α-hetero) is 1. The summed E-state index contributed by atoms with van der Waals surface area (Å²) >= 11 is 0. The summed E-state index contributed by atoms with van der Waals surface area (Å²) < 4.78 is 5.60. The minimum atomic E-state index is -0.463. The minimum Gasteiger partial charge on any atom is -0.421 e. The van der Waals surface area contributed by atoms with Crippen LogP contribution < -0.4 is 10.5 Å². The molecule has 0 bridgehead atoms. The number of aryl methyl sites for hydroxylation is 2. The molecule has 0 fully saturated rings. The van der Waals surface area contributed by atoms with Gasteiger partial charge < -0.3 is 9.32 Å². The van der Waals surface area contributed by atoms with Crippen molar-refractivity contribution < 1.29 is 9.21 Å². The van der Waals surface area contributed by atoms with E-state index in [2.05, 4.69) is 22.8 Å². The molecule has 3 heterocycles. The van der Waals surface area contributed by atoms with E-state index in [0.717, 1.165) is 49.7 Å². The summed E-state index contributed by atoms with van der Waals surface area (Å²) in [7, 11) is 0. The van der Waals surface area contributed by atoms with E-state index in [0.29, 0.717) is 5.58 Å². The van der Waals surface area contributed by atoms with Gasteiger partial charge in [0.1, 0.15) is 11.1 Å². The van der Waals surface area contributed by atoms with E-state index >= 15 is 0 Å². The predicted molar refractivity (Wildman–Crippen MR) is 88.9 cm³/mol. The van der Waals surface area contributed by atoms with Gasteiger partial charge in [-0.1, -0.05) is 5.92 Å². The number of rotatable bonds is 0. The van der Waals surface area contributed by atoms with Crippen molar-refractivity contribution in [3.63, 3.8) is 0 Å². The van der Waals surface area contributed by atoms with E-state index in [4.69, 9.17) is 4.42 Å². The average molecular weight is 307 g/mol. The lowest BCUT2D eigenvalue weighted by atomic mass is 9.90. The minimum absolute atomic E-state index is 0.253. The monoisotopic (exact) mass is 307 g/mol. The van der Waals surface area contributed by atoms with Gasteiger partial charge in [-0.25, -0.2) is 4.79 Å². The molecule has 23 heavy (non-hydrogen) atoms. The molecule has 0 amide bonds. The molecule has 4 rings (SSSR count). The molecule has 2 aliphatic rings. The van der Waals surface area contributed by atoms with Gasteiger partial charge in [0, 0.05) is 36.7 Å². The fourth-order valence-corrected chi connectivity index (χ4v) is 3.69. The number of nitrogens with zero attached hydrogens (tertiary/aromatic N) is 1. The summed E-state index contributed by atoms with van der Waals surface area (Å²) in [6, 6.07) is 3.88. The van der Waals surface area contributed by atoms with Crippen LogP contribution in [0.15, 0.2) is 21.3 Å². The highest BCUT2D eigenvalue weighted by molar-refractivity contribution is 5.94. The quantitative estimate of drug-likeness (QED) is 0.554. The number of ketones is 1. The summed E-state index contributed by atoms with van der Waals surface area (Å²) in [5.41, 5.74) is 4.25. The van der Waals surface area contributed by atoms with Gasteiger partial charge >= 0.3 is 5.63 Å². The predicted octanol–water partition coefficient (Wildman–Crippen LogP) is 2.43. The first-order valence-corrected chi connectivity index (χ1v) is 8.03. The Morgan fingerprint density at radius 1 is 1.22 bits per heavy atom. The number of carbonyl (C=O) groups excluding carboxylic acids is 1. The summed E-state index contributed by atoms with van der Waals surface area (Å²) in [6.45, 7) is 3.54. The number of hydrogen-bond acceptors (Lipinski definition) is 4. The first-order valence-electron chi connectivity index (χ1n) is 8.03. The van der Waals surface area contributed by atoms with Crippen molar-refractivity contribution in [1.29, 1.82) is 0 Å². The Kier molecular flexibility index (Phi) is 3.23. The third kappa shape index (κ3) is 2.33. The van der Waals surface area contributed by atoms with Gasteiger partial charge in [-0.15, -0.1) is 0 Å². The maximum atomic E-state index is 12.2. The molecule has 116 valence electrons. The summed E-state index contributed by atoms with van der Waals surface area (Å²) in [6.07, 6.45) is 4.24. The van der Waals surface area contributed by atoms with Crippen LogP contribution in [-0.2, 0) is 17.6 Å². The van der Waals surface area contributed by atoms with Crippen molar-refractivity contribution in [2.45, 2.75) is 32.6 Å². The van der Waals surface area contributed by atoms with Crippen LogP contribution in [0.25, 0.3) is 11.0 Å². The molecule has 0 aliphatic carbocycles. The number of carbonyl (C=O) groups is 1. The summed E-state index contributed by atoms with van der Waals surface area (Å²) in [4.78, 5) is 25.6. The molecule has 1 aromatic carbocycles. The molecule has 4 nitrogen and oxygen atoms in total. The van der Waals surface area contributed by atoms with E-state index in [1.54, 1.807) is 6.07 Å². The van der Waals surface area contributed by atoms with E-state index in [1.165, 1.54) is 18.2 Å². The van der Waals surface area contributed by atoms with Crippen LogP contribution in [0.1, 0.15) is 36.5 Å². The third-order valence-electron chi connectivity index (χ3n) is 4.59. The SMILES string of the molecule is CC(=O)C#Cc1cc2cc3c4c(c2oc1=O)CCCN4CCC3. The van der Waals surface area contributed by atoms with Crippen LogP contribution >= 0.6 is 0 Å². The highest BCUT2D eigenvalue weighted by atomic mass is 16.4. The summed E-state index contributed by atoms with van der Waals surface area (Å²) in [5, 5.41) is 0.912. The van der Waals surface area contributed by atoms with Gasteiger partial charge in [-0.05, 0) is 49.3 Å². The van der Waals surface area contributed by atoms with Gasteiger partial charge in [0.2, 0.25) is 5.78 Å². The van der Waals surface area contributed by atoms with Crippen molar-refractivity contribution in [3.05, 3.63) is 39.2 Å². The topological polar surface area (TPSA) is 50.5 Å².